The highest BCUT2D eigenvalue weighted by Gasteiger charge is 2.24. The molecule has 16 heavy (non-hydrogen) atoms. The smallest absolute Gasteiger partial charge is 0.410 e. The van der Waals surface area contributed by atoms with Crippen molar-refractivity contribution in [3.05, 3.63) is 12.2 Å². The Hall–Kier alpha value is -0.700. The van der Waals surface area contributed by atoms with E-state index in [0.29, 0.717) is 12.4 Å². The molecule has 0 aliphatic heterocycles. The summed E-state index contributed by atoms with van der Waals surface area (Å²) in [6.07, 6.45) is -0.325. The summed E-state index contributed by atoms with van der Waals surface area (Å²) < 4.78 is 5.31. The number of hydrogen-bond acceptors (Lipinski definition) is 2. The molecular weight excluding hydrogens is 226 g/mol. The summed E-state index contributed by atoms with van der Waals surface area (Å²) in [5.74, 6) is 0.353. The summed E-state index contributed by atoms with van der Waals surface area (Å²) in [5.41, 5.74) is 0.327. The van der Waals surface area contributed by atoms with Gasteiger partial charge in [0.05, 0.1) is 0 Å². The summed E-state index contributed by atoms with van der Waals surface area (Å²) in [5, 5.41) is 0. The molecule has 0 unspecified atom stereocenters. The number of amides is 1. The molecule has 0 N–H and O–H groups in total. The number of ether oxygens (including phenoxy) is 1. The van der Waals surface area contributed by atoms with Crippen molar-refractivity contribution in [3.8, 4) is 0 Å². The van der Waals surface area contributed by atoms with Crippen molar-refractivity contribution in [3.63, 3.8) is 0 Å². The van der Waals surface area contributed by atoms with Gasteiger partial charge >= 0.3 is 6.09 Å². The number of nitrogens with zero attached hydrogens (tertiary/aromatic N) is 1. The predicted molar refractivity (Wildman–Crippen MR) is 67.9 cm³/mol. The van der Waals surface area contributed by atoms with Crippen LogP contribution in [0.5, 0.6) is 0 Å². The number of hydrogen-bond donors (Lipinski definition) is 0. The third-order valence-electron chi connectivity index (χ3n) is 1.83. The van der Waals surface area contributed by atoms with E-state index in [4.69, 9.17) is 16.3 Å². The van der Waals surface area contributed by atoms with Crippen LogP contribution in [-0.2, 0) is 4.74 Å². The molecule has 0 aliphatic carbocycles. The number of halogens is 1. The molecule has 0 saturated carbocycles. The van der Waals surface area contributed by atoms with Crippen LogP contribution >= 0.6 is 11.6 Å². The van der Waals surface area contributed by atoms with Crippen LogP contribution in [0.1, 0.15) is 34.6 Å². The van der Waals surface area contributed by atoms with Crippen LogP contribution in [0.2, 0.25) is 0 Å². The SMILES string of the molecule is C=C(CCl)CN(C(=O)OC(C)(C)C)C(C)C. The standard InChI is InChI=1S/C12H22ClNO2/c1-9(2)14(8-10(3)7-13)11(15)16-12(4,5)6/h9H,3,7-8H2,1-2,4-6H3. The first-order chi connectivity index (χ1) is 7.17. The fourth-order valence-corrected chi connectivity index (χ4v) is 1.15. The van der Waals surface area contributed by atoms with Crippen LogP contribution in [-0.4, -0.2) is 35.1 Å². The van der Waals surface area contributed by atoms with E-state index in [1.807, 2.05) is 34.6 Å². The van der Waals surface area contributed by atoms with Gasteiger partial charge in [0.25, 0.3) is 0 Å². The second kappa shape index (κ2) is 6.14. The molecule has 0 aliphatic rings. The van der Waals surface area contributed by atoms with Gasteiger partial charge in [-0.2, -0.15) is 0 Å². The van der Waals surface area contributed by atoms with Gasteiger partial charge in [-0.25, -0.2) is 4.79 Å². The van der Waals surface area contributed by atoms with Crippen molar-refractivity contribution < 1.29 is 9.53 Å². The van der Waals surface area contributed by atoms with Gasteiger partial charge in [0.15, 0.2) is 0 Å². The van der Waals surface area contributed by atoms with Gasteiger partial charge in [0.1, 0.15) is 5.60 Å². The molecule has 0 heterocycles. The van der Waals surface area contributed by atoms with Crippen molar-refractivity contribution >= 4 is 17.7 Å². The van der Waals surface area contributed by atoms with Crippen molar-refractivity contribution in [1.82, 2.24) is 4.90 Å². The highest BCUT2D eigenvalue weighted by Crippen LogP contribution is 2.13. The minimum absolute atomic E-state index is 0.0646. The molecule has 0 radical (unpaired) electrons. The minimum Gasteiger partial charge on any atom is -0.444 e. The van der Waals surface area contributed by atoms with Crippen LogP contribution in [0.4, 0.5) is 4.79 Å². The average Bonchev–Trinajstić information content (AvgIpc) is 2.09. The van der Waals surface area contributed by atoms with E-state index in [1.165, 1.54) is 0 Å². The summed E-state index contributed by atoms with van der Waals surface area (Å²) >= 11 is 5.66. The van der Waals surface area contributed by atoms with Crippen molar-refractivity contribution in [2.75, 3.05) is 12.4 Å². The lowest BCUT2D eigenvalue weighted by molar-refractivity contribution is 0.0212. The Balaban J connectivity index is 4.54. The van der Waals surface area contributed by atoms with Gasteiger partial charge in [-0.05, 0) is 40.2 Å². The van der Waals surface area contributed by atoms with Crippen LogP contribution in [0.15, 0.2) is 12.2 Å². The lowest BCUT2D eigenvalue weighted by atomic mass is 10.2. The van der Waals surface area contributed by atoms with E-state index in [2.05, 4.69) is 6.58 Å². The van der Waals surface area contributed by atoms with E-state index in [0.717, 1.165) is 5.57 Å². The molecule has 0 aromatic rings. The molecule has 0 bridgehead atoms. The fourth-order valence-electron chi connectivity index (χ4n) is 1.06. The molecule has 0 saturated heterocycles. The summed E-state index contributed by atoms with van der Waals surface area (Å²) in [6, 6.07) is 0.0646. The van der Waals surface area contributed by atoms with Crippen LogP contribution in [0, 0.1) is 0 Å². The molecule has 0 fully saturated rings. The van der Waals surface area contributed by atoms with Gasteiger partial charge in [-0.15, -0.1) is 11.6 Å². The Bertz CT molecular complexity index is 256. The Morgan fingerprint density at radius 3 is 2.25 bits per heavy atom. The second-order valence-corrected chi connectivity index (χ2v) is 5.35. The maximum absolute atomic E-state index is 11.9. The lowest BCUT2D eigenvalue weighted by Gasteiger charge is -2.30. The zero-order valence-electron chi connectivity index (χ0n) is 10.8. The molecule has 0 aromatic heterocycles. The summed E-state index contributed by atoms with van der Waals surface area (Å²) in [6.45, 7) is 13.6. The van der Waals surface area contributed by atoms with E-state index >= 15 is 0 Å². The first-order valence-corrected chi connectivity index (χ1v) is 5.93. The van der Waals surface area contributed by atoms with Crippen LogP contribution in [0.25, 0.3) is 0 Å². The lowest BCUT2D eigenvalue weighted by Crippen LogP contribution is -2.42. The predicted octanol–water partition coefficient (Wildman–Crippen LogP) is 3.43. The molecule has 0 spiro atoms. The van der Waals surface area contributed by atoms with E-state index in [1.54, 1.807) is 4.90 Å². The summed E-state index contributed by atoms with van der Waals surface area (Å²) in [4.78, 5) is 13.5. The zero-order valence-corrected chi connectivity index (χ0v) is 11.6. The Morgan fingerprint density at radius 1 is 1.44 bits per heavy atom. The van der Waals surface area contributed by atoms with Gasteiger partial charge in [-0.3, -0.25) is 0 Å². The normalized spacial score (nSPS) is 11.4. The maximum Gasteiger partial charge on any atom is 0.410 e. The Labute approximate surface area is 103 Å². The largest absolute Gasteiger partial charge is 0.444 e. The highest BCUT2D eigenvalue weighted by atomic mass is 35.5. The monoisotopic (exact) mass is 247 g/mol. The van der Waals surface area contributed by atoms with Crippen molar-refractivity contribution in [2.24, 2.45) is 0 Å². The average molecular weight is 248 g/mol. The Morgan fingerprint density at radius 2 is 1.94 bits per heavy atom. The first-order valence-electron chi connectivity index (χ1n) is 5.39. The topological polar surface area (TPSA) is 29.5 Å². The van der Waals surface area contributed by atoms with Crippen molar-refractivity contribution in [1.29, 1.82) is 0 Å². The van der Waals surface area contributed by atoms with Gasteiger partial charge < -0.3 is 9.64 Å². The molecule has 4 heteroatoms. The maximum atomic E-state index is 11.9. The number of carbonyl (C=O) groups is 1. The zero-order chi connectivity index (χ0) is 12.9. The molecule has 0 atom stereocenters. The molecule has 1 amide bonds. The fraction of sp³-hybridized carbons (Fsp3) is 0.750. The van der Waals surface area contributed by atoms with Gasteiger partial charge in [-0.1, -0.05) is 6.58 Å². The third kappa shape index (κ3) is 6.01. The van der Waals surface area contributed by atoms with E-state index in [9.17, 15) is 4.79 Å². The Kier molecular flexibility index (Phi) is 5.87. The van der Waals surface area contributed by atoms with Crippen LogP contribution in [0.3, 0.4) is 0 Å². The van der Waals surface area contributed by atoms with Gasteiger partial charge in [0, 0.05) is 18.5 Å². The van der Waals surface area contributed by atoms with Crippen LogP contribution < -0.4 is 0 Å². The highest BCUT2D eigenvalue weighted by molar-refractivity contribution is 6.19. The number of carbonyl (C=O) groups excluding carboxylic acids is 1. The molecule has 0 aromatic carbocycles. The quantitative estimate of drug-likeness (QED) is 0.563. The molecule has 94 valence electrons. The molecule has 3 nitrogen and oxygen atoms in total. The molecular formula is C12H22ClNO2. The minimum atomic E-state index is -0.480. The molecule has 0 rings (SSSR count). The van der Waals surface area contributed by atoms with E-state index in [-0.39, 0.29) is 12.1 Å². The third-order valence-corrected chi connectivity index (χ3v) is 2.21. The van der Waals surface area contributed by atoms with Gasteiger partial charge in [0.2, 0.25) is 0 Å². The second-order valence-electron chi connectivity index (χ2n) is 5.09. The van der Waals surface area contributed by atoms with Crippen molar-refractivity contribution in [2.45, 2.75) is 46.3 Å². The van der Waals surface area contributed by atoms with E-state index < -0.39 is 5.60 Å². The summed E-state index contributed by atoms with van der Waals surface area (Å²) in [7, 11) is 0. The first kappa shape index (κ1) is 15.3. The number of rotatable bonds is 4. The number of alkyl halides is 1.